The van der Waals surface area contributed by atoms with Gasteiger partial charge in [0.05, 0.1) is 6.42 Å². The van der Waals surface area contributed by atoms with Gasteiger partial charge in [-0.25, -0.2) is 4.57 Å². The maximum Gasteiger partial charge on any atom is 0.466 e. The normalized spacial score (nSPS) is 10.7. The zero-order valence-corrected chi connectivity index (χ0v) is 9.64. The number of thiophene rings is 1. The van der Waals surface area contributed by atoms with Gasteiger partial charge in [-0.1, -0.05) is 6.07 Å². The fourth-order valence-electron chi connectivity index (χ4n) is 0.835. The molecule has 3 N–H and O–H groups in total. The summed E-state index contributed by atoms with van der Waals surface area (Å²) in [5.41, 5.74) is 0. The zero-order valence-electron chi connectivity index (χ0n) is 7.92. The summed E-state index contributed by atoms with van der Waals surface area (Å²) in [6.45, 7) is 0. The standard InChI is InChI=1S/C7H6N2OS.H3O4P/c1-2-6(11-3-1)4-7-9-8-5-10-7;1-5(2,3)4/h1-3,5H,4H2;(H3,1,2,3,4). The van der Waals surface area contributed by atoms with E-state index in [0.717, 1.165) is 6.42 Å². The van der Waals surface area contributed by atoms with Gasteiger partial charge in [0.25, 0.3) is 0 Å². The van der Waals surface area contributed by atoms with Crippen LogP contribution in [-0.4, -0.2) is 24.9 Å². The van der Waals surface area contributed by atoms with Gasteiger partial charge in [-0.2, -0.15) is 0 Å². The van der Waals surface area contributed by atoms with Crippen LogP contribution in [0.3, 0.4) is 0 Å². The van der Waals surface area contributed by atoms with E-state index in [4.69, 9.17) is 23.7 Å². The Morgan fingerprint density at radius 3 is 2.56 bits per heavy atom. The molecule has 0 aliphatic carbocycles. The number of nitrogens with zero attached hydrogens (tertiary/aromatic N) is 2. The molecule has 7 nitrogen and oxygen atoms in total. The monoisotopic (exact) mass is 264 g/mol. The van der Waals surface area contributed by atoms with Crippen molar-refractivity contribution in [1.29, 1.82) is 0 Å². The minimum absolute atomic E-state index is 0.674. The molecular formula is C7H9N2O5PS. The molecule has 2 aromatic rings. The van der Waals surface area contributed by atoms with Gasteiger partial charge < -0.3 is 19.1 Å². The molecule has 0 bridgehead atoms. The smallest absolute Gasteiger partial charge is 0.428 e. The minimum atomic E-state index is -4.64. The Balaban J connectivity index is 0.000000221. The van der Waals surface area contributed by atoms with Crippen LogP contribution in [0.25, 0.3) is 0 Å². The van der Waals surface area contributed by atoms with E-state index in [9.17, 15) is 0 Å². The van der Waals surface area contributed by atoms with E-state index >= 15 is 0 Å². The van der Waals surface area contributed by atoms with Crippen molar-refractivity contribution in [2.75, 3.05) is 0 Å². The lowest BCUT2D eigenvalue weighted by molar-refractivity contribution is 0.275. The van der Waals surface area contributed by atoms with Gasteiger partial charge in [0.2, 0.25) is 12.3 Å². The third-order valence-corrected chi connectivity index (χ3v) is 2.19. The molecule has 0 fully saturated rings. The van der Waals surface area contributed by atoms with Gasteiger partial charge in [-0.15, -0.1) is 21.5 Å². The van der Waals surface area contributed by atoms with Crippen molar-refractivity contribution in [3.63, 3.8) is 0 Å². The summed E-state index contributed by atoms with van der Waals surface area (Å²) in [6, 6.07) is 4.06. The van der Waals surface area contributed by atoms with Crippen LogP contribution in [0, 0.1) is 0 Å². The molecule has 2 aromatic heterocycles. The lowest BCUT2D eigenvalue weighted by atomic mass is 10.3. The predicted octanol–water partition coefficient (Wildman–Crippen LogP) is 0.793. The van der Waals surface area contributed by atoms with Gasteiger partial charge in [0, 0.05) is 4.88 Å². The highest BCUT2D eigenvalue weighted by Crippen LogP contribution is 2.25. The van der Waals surface area contributed by atoms with E-state index in [1.807, 2.05) is 11.4 Å². The van der Waals surface area contributed by atoms with Crippen molar-refractivity contribution >= 4 is 19.2 Å². The number of hydrogen-bond acceptors (Lipinski definition) is 5. The number of rotatable bonds is 2. The molecule has 0 radical (unpaired) electrons. The molecule has 0 spiro atoms. The van der Waals surface area contributed by atoms with Crippen LogP contribution in [0.4, 0.5) is 0 Å². The molecule has 0 saturated heterocycles. The van der Waals surface area contributed by atoms with E-state index in [0.29, 0.717) is 5.89 Å². The van der Waals surface area contributed by atoms with Crippen molar-refractivity contribution in [1.82, 2.24) is 10.2 Å². The summed E-state index contributed by atoms with van der Waals surface area (Å²) in [4.78, 5) is 22.8. The second-order valence-corrected chi connectivity index (χ2v) is 4.66. The average molecular weight is 264 g/mol. The van der Waals surface area contributed by atoms with Crippen LogP contribution in [0.1, 0.15) is 10.8 Å². The van der Waals surface area contributed by atoms with Crippen molar-refractivity contribution in [2.24, 2.45) is 0 Å². The van der Waals surface area contributed by atoms with Gasteiger partial charge in [-0.3, -0.25) is 0 Å². The van der Waals surface area contributed by atoms with Gasteiger partial charge >= 0.3 is 7.82 Å². The summed E-state index contributed by atoms with van der Waals surface area (Å²) < 4.78 is 13.9. The molecule has 16 heavy (non-hydrogen) atoms. The Labute approximate surface area is 94.6 Å². The summed E-state index contributed by atoms with van der Waals surface area (Å²) in [7, 11) is -4.64. The molecule has 0 aliphatic rings. The molecule has 2 rings (SSSR count). The number of phosphoric acid groups is 1. The Bertz CT molecular complexity index is 397. The van der Waals surface area contributed by atoms with E-state index in [1.165, 1.54) is 11.3 Å². The van der Waals surface area contributed by atoms with Crippen LogP contribution >= 0.6 is 19.2 Å². The van der Waals surface area contributed by atoms with E-state index in [-0.39, 0.29) is 0 Å². The Morgan fingerprint density at radius 1 is 1.44 bits per heavy atom. The molecule has 2 heterocycles. The van der Waals surface area contributed by atoms with E-state index < -0.39 is 7.82 Å². The molecule has 0 aliphatic heterocycles. The molecule has 0 saturated carbocycles. The van der Waals surface area contributed by atoms with Crippen LogP contribution in [0.15, 0.2) is 28.3 Å². The molecule has 9 heteroatoms. The lowest BCUT2D eigenvalue weighted by Crippen LogP contribution is -1.83. The lowest BCUT2D eigenvalue weighted by Gasteiger charge is -1.86. The first-order valence-corrected chi connectivity index (χ1v) is 6.45. The number of hydrogen-bond donors (Lipinski definition) is 3. The Hall–Kier alpha value is -1.05. The summed E-state index contributed by atoms with van der Waals surface area (Å²) >= 11 is 1.69. The topological polar surface area (TPSA) is 117 Å². The maximum absolute atomic E-state index is 8.88. The van der Waals surface area contributed by atoms with E-state index in [2.05, 4.69) is 16.3 Å². The second kappa shape index (κ2) is 5.88. The molecule has 0 aromatic carbocycles. The highest BCUT2D eigenvalue weighted by atomic mass is 32.1. The first-order valence-electron chi connectivity index (χ1n) is 4.01. The third-order valence-electron chi connectivity index (χ3n) is 1.31. The number of aromatic nitrogens is 2. The van der Waals surface area contributed by atoms with Gasteiger partial charge in [0.15, 0.2) is 0 Å². The van der Waals surface area contributed by atoms with Crippen molar-refractivity contribution in [3.05, 3.63) is 34.7 Å². The highest BCUT2D eigenvalue weighted by Gasteiger charge is 2.00. The first-order chi connectivity index (χ1) is 7.45. The third kappa shape index (κ3) is 6.44. The summed E-state index contributed by atoms with van der Waals surface area (Å²) in [5.74, 6) is 0.674. The molecule has 0 amide bonds. The predicted molar refractivity (Wildman–Crippen MR) is 55.7 cm³/mol. The van der Waals surface area contributed by atoms with Gasteiger partial charge in [0.1, 0.15) is 0 Å². The van der Waals surface area contributed by atoms with Crippen LogP contribution in [-0.2, 0) is 11.0 Å². The van der Waals surface area contributed by atoms with Crippen molar-refractivity contribution < 1.29 is 23.7 Å². The fraction of sp³-hybridized carbons (Fsp3) is 0.143. The molecular weight excluding hydrogens is 255 g/mol. The van der Waals surface area contributed by atoms with Crippen LogP contribution in [0.2, 0.25) is 0 Å². The van der Waals surface area contributed by atoms with Crippen molar-refractivity contribution in [2.45, 2.75) is 6.42 Å². The van der Waals surface area contributed by atoms with Crippen molar-refractivity contribution in [3.8, 4) is 0 Å². The largest absolute Gasteiger partial charge is 0.466 e. The molecule has 0 unspecified atom stereocenters. The summed E-state index contributed by atoms with van der Waals surface area (Å²) in [5, 5.41) is 9.41. The van der Waals surface area contributed by atoms with Gasteiger partial charge in [-0.05, 0) is 11.4 Å². The second-order valence-electron chi connectivity index (χ2n) is 2.60. The van der Waals surface area contributed by atoms with E-state index in [1.54, 1.807) is 11.3 Å². The van der Waals surface area contributed by atoms with Crippen LogP contribution < -0.4 is 0 Å². The molecule has 0 atom stereocenters. The Morgan fingerprint density at radius 2 is 2.12 bits per heavy atom. The first kappa shape index (κ1) is 13.0. The molecule has 88 valence electrons. The average Bonchev–Trinajstić information content (AvgIpc) is 2.74. The summed E-state index contributed by atoms with van der Waals surface area (Å²) in [6.07, 6.45) is 2.10. The fourth-order valence-corrected chi connectivity index (χ4v) is 1.53. The highest BCUT2D eigenvalue weighted by molar-refractivity contribution is 7.45. The Kier molecular flexibility index (Phi) is 4.78. The zero-order chi connectivity index (χ0) is 12.0. The maximum atomic E-state index is 8.88. The minimum Gasteiger partial charge on any atom is -0.428 e. The van der Waals surface area contributed by atoms with Crippen LogP contribution in [0.5, 0.6) is 0 Å². The SMILES string of the molecule is O=P(O)(O)O.c1csc(Cc2nnco2)c1. The quantitative estimate of drug-likeness (QED) is 0.686.